The highest BCUT2D eigenvalue weighted by molar-refractivity contribution is 8.07. The number of hydrogen-bond donors (Lipinski definition) is 8. The van der Waals surface area contributed by atoms with Crippen LogP contribution in [-0.2, 0) is 105 Å². The van der Waals surface area contributed by atoms with Crippen LogP contribution in [0.25, 0.3) is 22.3 Å². The summed E-state index contributed by atoms with van der Waals surface area (Å²) in [6, 6.07) is 0. The van der Waals surface area contributed by atoms with E-state index < -0.39 is 152 Å². The summed E-state index contributed by atoms with van der Waals surface area (Å²) < 4.78 is 141. The molecule has 6 aromatic rings. The van der Waals surface area contributed by atoms with Gasteiger partial charge in [-0.3, -0.25) is 40.9 Å². The summed E-state index contributed by atoms with van der Waals surface area (Å²) in [6.07, 6.45) is -13.3. The molecule has 6 aromatic heterocycles. The topological polar surface area (TPSA) is 542 Å². The van der Waals surface area contributed by atoms with Crippen LogP contribution < -0.4 is 34.3 Å². The highest BCUT2D eigenvalue weighted by Gasteiger charge is 2.56. The second-order valence-electron chi connectivity index (χ2n) is 22.3. The van der Waals surface area contributed by atoms with E-state index in [1.807, 2.05) is 0 Å². The molecular weight excluding hydrogens is 1390 g/mol. The minimum Gasteiger partial charge on any atom is -0.394 e. The Balaban J connectivity index is 0.929. The van der Waals surface area contributed by atoms with Gasteiger partial charge in [0.1, 0.15) is 96.4 Å². The Morgan fingerprint density at radius 1 is 0.510 bits per heavy atom. The molecule has 12 N–H and O–H groups in total. The lowest BCUT2D eigenvalue weighted by Crippen LogP contribution is -2.41. The van der Waals surface area contributed by atoms with Crippen LogP contribution in [0.3, 0.4) is 0 Å². The van der Waals surface area contributed by atoms with Crippen molar-refractivity contribution >= 4 is 79.8 Å². The maximum atomic E-state index is 14.9. The Morgan fingerprint density at radius 2 is 0.918 bits per heavy atom. The fraction of sp³-hybridized carbons (Fsp3) is 0.654. The smallest absolute Gasteiger partial charge is 0.394 e. The van der Waals surface area contributed by atoms with Crippen LogP contribution in [0.4, 0.5) is 23.3 Å². The third kappa shape index (κ3) is 17.4. The molecule has 7 unspecified atom stereocenters. The van der Waals surface area contributed by atoms with E-state index in [4.69, 9.17) is 119 Å². The van der Waals surface area contributed by atoms with Crippen molar-refractivity contribution in [1.82, 2.24) is 58.1 Å². The number of methoxy groups -OCH3 is 4. The second-order valence-corrected chi connectivity index (χ2v) is 27.9. The SMILES string of the molecule is COCCOC1C(n2cnc3c(N)ncnc32)O[C@H](COP(=O)(O)OC2[C@@H](COP(O)(=S)OC3[C@@H](CO)O[C@@H](n4cnc5c(N)ncnc54)[C@H]3OCCOC)O[C@@H](n3cc(C)c(N)nc3=O)[C@H]2OCCOC)[C@@H]1OP(=O)(O)OC[C@@H]1C[C@H](OCCOC)[C@H](n2cc(C)c(N)nc2=O)O1. The van der Waals surface area contributed by atoms with E-state index >= 15 is 0 Å². The number of aryl methyl sites for hydroxylation is 2. The van der Waals surface area contributed by atoms with Gasteiger partial charge in [0, 0.05) is 58.4 Å². The third-order valence-corrected chi connectivity index (χ3v) is 19.3. The number of ether oxygens (including phenoxy) is 12. The quantitative estimate of drug-likeness (QED) is 0.0170. The van der Waals surface area contributed by atoms with Crippen LogP contribution in [-0.4, -0.2) is 253 Å². The van der Waals surface area contributed by atoms with E-state index in [0.29, 0.717) is 11.1 Å². The molecule has 4 aliphatic heterocycles. The number of fused-ring (bicyclic) bond motifs is 2. The number of imidazole rings is 2. The predicted molar refractivity (Wildman–Crippen MR) is 337 cm³/mol. The molecule has 0 aliphatic carbocycles. The number of aliphatic hydroxyl groups is 1. The average molecular weight is 1470 g/mol. The molecule has 4 aliphatic rings. The van der Waals surface area contributed by atoms with Crippen LogP contribution in [0, 0.1) is 13.8 Å². The van der Waals surface area contributed by atoms with Gasteiger partial charge in [-0.25, -0.2) is 48.6 Å². The molecule has 0 radical (unpaired) electrons. The van der Waals surface area contributed by atoms with E-state index in [1.165, 1.54) is 73.5 Å². The van der Waals surface area contributed by atoms with Crippen LogP contribution >= 0.6 is 22.4 Å². The third-order valence-electron chi connectivity index (χ3n) is 15.8. The molecular formula is C52H77N16O26P3S. The van der Waals surface area contributed by atoms with Gasteiger partial charge in [0.2, 0.25) is 0 Å². The van der Waals surface area contributed by atoms with Gasteiger partial charge in [-0.1, -0.05) is 0 Å². The van der Waals surface area contributed by atoms with Crippen molar-refractivity contribution in [2.24, 2.45) is 0 Å². The molecule has 10 rings (SSSR count). The standard InChI is InChI=1S/C52H77N16O26P3S/c1-26-16-65(51(70)63-41(26)53)47-29(81-11-7-77-3)15-28(88-47)19-85-95(72,73)92-36-31(91-50(40(36)84-14-10-80-6)68-25-62-34-44(56)58-23-60-46(34)68)20-86-96(74,75)93-37-32(90-48(39(37)83-13-9-79-5)66-17-27(2)42(54)64-52(66)71)21-87-97(76,98)94-35-30(18-69)89-49(38(35)82-12-8-78-4)67-24-61-33-43(55)57-22-59-45(33)67/h16-17,22-25,28-32,35-40,47-50,69H,7-15,18-21H2,1-6H3,(H,72,73)(H,74,75)(H,76,98)(H2,53,63,70)(H2,54,64,71)(H2,55,57,59)(H2,56,58,60)/t28-,29-,30+,31+,32+,35?,36-,37?,38-,39-,40?,47+,48+,49+,50?,97?/m0/s1. The summed E-state index contributed by atoms with van der Waals surface area (Å²) >= 11 is 5.60. The maximum absolute atomic E-state index is 14.9. The van der Waals surface area contributed by atoms with Gasteiger partial charge in [-0.2, -0.15) is 9.97 Å². The van der Waals surface area contributed by atoms with Gasteiger partial charge in [-0.05, 0) is 25.7 Å². The molecule has 4 fully saturated rings. The number of nitrogen functional groups attached to an aromatic ring is 4. The molecule has 0 amide bonds. The summed E-state index contributed by atoms with van der Waals surface area (Å²) in [7, 11) is -5.32. The predicted octanol–water partition coefficient (Wildman–Crippen LogP) is -1.15. The lowest BCUT2D eigenvalue weighted by Gasteiger charge is -2.29. The zero-order chi connectivity index (χ0) is 70.2. The van der Waals surface area contributed by atoms with E-state index in [-0.39, 0.29) is 105 Å². The minimum absolute atomic E-state index is 0.00419. The molecule has 46 heteroatoms. The first-order valence-corrected chi connectivity index (χ1v) is 35.7. The van der Waals surface area contributed by atoms with E-state index in [1.54, 1.807) is 13.8 Å². The fourth-order valence-corrected chi connectivity index (χ4v) is 14.5. The van der Waals surface area contributed by atoms with Gasteiger partial charge >= 0.3 is 33.7 Å². The zero-order valence-corrected chi connectivity index (χ0v) is 57.0. The van der Waals surface area contributed by atoms with Crippen molar-refractivity contribution in [2.75, 3.05) is 131 Å². The Hall–Kier alpha value is -5.71. The molecule has 0 bridgehead atoms. The van der Waals surface area contributed by atoms with Gasteiger partial charge in [0.25, 0.3) is 0 Å². The number of phosphoric ester groups is 2. The number of aromatic nitrogens is 12. The van der Waals surface area contributed by atoms with Crippen molar-refractivity contribution in [2.45, 2.75) is 112 Å². The molecule has 0 saturated carbocycles. The Bertz CT molecular complexity index is 3960. The first-order valence-electron chi connectivity index (χ1n) is 30.1. The molecule has 42 nitrogen and oxygen atoms in total. The van der Waals surface area contributed by atoms with Gasteiger partial charge < -0.3 is 104 Å². The number of phosphoric acid groups is 2. The summed E-state index contributed by atoms with van der Waals surface area (Å²) in [6.45, 7) is -5.02. The molecule has 98 heavy (non-hydrogen) atoms. The Morgan fingerprint density at radius 3 is 1.38 bits per heavy atom. The summed E-state index contributed by atoms with van der Waals surface area (Å²) in [5.41, 5.74) is 23.8. The first kappa shape index (κ1) is 75.0. The maximum Gasteiger partial charge on any atom is 0.472 e. The molecule has 542 valence electrons. The molecule has 0 aromatic carbocycles. The molecule has 10 heterocycles. The van der Waals surface area contributed by atoms with Gasteiger partial charge in [-0.15, -0.1) is 0 Å². The number of hydrogen-bond acceptors (Lipinski definition) is 36. The number of nitrogens with zero attached hydrogens (tertiary/aromatic N) is 12. The number of rotatable bonds is 36. The van der Waals surface area contributed by atoms with E-state index in [2.05, 4.69) is 39.9 Å². The van der Waals surface area contributed by atoms with Crippen molar-refractivity contribution in [3.8, 4) is 0 Å². The Kier molecular flexibility index (Phi) is 25.2. The summed E-state index contributed by atoms with van der Waals surface area (Å²) in [5.74, 6) is -0.111. The zero-order valence-electron chi connectivity index (χ0n) is 53.5. The van der Waals surface area contributed by atoms with Crippen molar-refractivity contribution < 1.29 is 113 Å². The first-order chi connectivity index (χ1) is 46.9. The van der Waals surface area contributed by atoms with Crippen LogP contribution in [0.5, 0.6) is 0 Å². The molecule has 4 saturated heterocycles. The van der Waals surface area contributed by atoms with Crippen molar-refractivity contribution in [3.63, 3.8) is 0 Å². The lowest BCUT2D eigenvalue weighted by atomic mass is 10.1. The number of anilines is 4. The van der Waals surface area contributed by atoms with E-state index in [0.717, 1.165) is 10.9 Å². The molecule has 0 spiro atoms. The van der Waals surface area contributed by atoms with E-state index in [9.17, 15) is 38.5 Å². The summed E-state index contributed by atoms with van der Waals surface area (Å²) in [5, 5.41) is 10.7. The number of aliphatic hydroxyl groups excluding tert-OH is 1. The second kappa shape index (κ2) is 32.9. The minimum atomic E-state index is -5.63. The van der Waals surface area contributed by atoms with Crippen LogP contribution in [0.1, 0.15) is 42.5 Å². The average Bonchev–Trinajstić information content (AvgIpc) is 1.62. The number of nitrogens with two attached hydrogens (primary N) is 4. The summed E-state index contributed by atoms with van der Waals surface area (Å²) in [4.78, 5) is 95.6. The fourth-order valence-electron chi connectivity index (χ4n) is 11.1. The lowest BCUT2D eigenvalue weighted by molar-refractivity contribution is -0.0838. The largest absolute Gasteiger partial charge is 0.472 e. The highest BCUT2D eigenvalue weighted by Crippen LogP contribution is 2.55. The normalized spacial score (nSPS) is 28.4. The van der Waals surface area contributed by atoms with Crippen LogP contribution in [0.15, 0.2) is 47.3 Å². The van der Waals surface area contributed by atoms with Crippen molar-refractivity contribution in [3.05, 3.63) is 69.8 Å². The monoisotopic (exact) mass is 1470 g/mol. The van der Waals surface area contributed by atoms with Crippen molar-refractivity contribution in [1.29, 1.82) is 0 Å². The Labute approximate surface area is 561 Å². The highest BCUT2D eigenvalue weighted by atomic mass is 32.5. The molecule has 18 atom stereocenters. The van der Waals surface area contributed by atoms with Gasteiger partial charge in [0.05, 0.1) is 98.0 Å². The van der Waals surface area contributed by atoms with Gasteiger partial charge in [0.15, 0.2) is 47.8 Å². The van der Waals surface area contributed by atoms with Crippen LogP contribution in [0.2, 0.25) is 0 Å².